The van der Waals surface area contributed by atoms with Crippen LogP contribution in [0.15, 0.2) is 42.6 Å². The summed E-state index contributed by atoms with van der Waals surface area (Å²) in [5, 5.41) is 36.9. The number of hydrogen-bond acceptors (Lipinski definition) is 6. The zero-order valence-corrected chi connectivity index (χ0v) is 22.1. The molecule has 212 valence electrons. The van der Waals surface area contributed by atoms with Crippen molar-refractivity contribution < 1.29 is 38.8 Å². The van der Waals surface area contributed by atoms with E-state index in [4.69, 9.17) is 21.1 Å². The van der Waals surface area contributed by atoms with Gasteiger partial charge in [-0.05, 0) is 66.9 Å². The van der Waals surface area contributed by atoms with Gasteiger partial charge in [-0.25, -0.2) is 13.6 Å². The SMILES string of the molecule is Cl.Cn1c2c(c3ccc(F)cc31)CCNC2C(=O)O.Cn1cc(CCN)c2ccc(F)cc21.O=C(O)C(O)O. The van der Waals surface area contributed by atoms with Crippen LogP contribution >= 0.6 is 12.4 Å². The first-order valence-corrected chi connectivity index (χ1v) is 11.7. The zero-order chi connectivity index (χ0) is 28.1. The largest absolute Gasteiger partial charge is 0.480 e. The summed E-state index contributed by atoms with van der Waals surface area (Å²) < 4.78 is 30.0. The highest BCUT2D eigenvalue weighted by atomic mass is 35.5. The standard InChI is InChI=1S/C13H13FN2O2.C11H13FN2.C2H4O4.ClH/c1-16-10-6-7(14)2-3-8(10)9-4-5-15-11(12(9)16)13(17)18;1-14-7-8(4-5-13)10-3-2-9(12)6-11(10)14;3-1(4)2(5)6;/h2-3,6,11,15H,4-5H2,1H3,(H,17,18);2-3,6-7H,4-5,13H2,1H3;1,3-4H,(H,5,6);1H. The maximum absolute atomic E-state index is 13.3. The zero-order valence-electron chi connectivity index (χ0n) is 21.3. The van der Waals surface area contributed by atoms with Gasteiger partial charge in [0.15, 0.2) is 0 Å². The third-order valence-corrected chi connectivity index (χ3v) is 6.23. The average Bonchev–Trinajstić information content (AvgIpc) is 3.33. The van der Waals surface area contributed by atoms with Crippen molar-refractivity contribution >= 4 is 46.2 Å². The molecule has 0 spiro atoms. The van der Waals surface area contributed by atoms with E-state index in [0.717, 1.165) is 45.9 Å². The molecule has 5 rings (SSSR count). The van der Waals surface area contributed by atoms with E-state index in [9.17, 15) is 23.5 Å². The van der Waals surface area contributed by atoms with Gasteiger partial charge in [0.1, 0.15) is 17.7 Å². The number of carbonyl (C=O) groups is 2. The molecular formula is C26H31ClF2N4O6. The van der Waals surface area contributed by atoms with E-state index in [-0.39, 0.29) is 24.0 Å². The number of aryl methyl sites for hydroxylation is 2. The first kappa shape index (κ1) is 31.7. The Hall–Kier alpha value is -3.55. The van der Waals surface area contributed by atoms with E-state index in [0.29, 0.717) is 13.1 Å². The topological polar surface area (TPSA) is 163 Å². The molecule has 0 radical (unpaired) electrons. The third kappa shape index (κ3) is 7.11. The van der Waals surface area contributed by atoms with Gasteiger partial charge in [0.2, 0.25) is 0 Å². The van der Waals surface area contributed by atoms with E-state index < -0.39 is 24.3 Å². The Balaban J connectivity index is 0.000000227. The molecule has 0 saturated heterocycles. The number of halogens is 3. The maximum atomic E-state index is 13.3. The number of nitrogens with two attached hydrogens (primary N) is 1. The summed E-state index contributed by atoms with van der Waals surface area (Å²) in [5.41, 5.74) is 10.1. The van der Waals surface area contributed by atoms with Gasteiger partial charge in [0.05, 0.1) is 16.7 Å². The molecule has 1 aliphatic rings. The van der Waals surface area contributed by atoms with Crippen molar-refractivity contribution in [2.24, 2.45) is 19.8 Å². The molecule has 3 heterocycles. The molecular weight excluding hydrogens is 538 g/mol. The van der Waals surface area contributed by atoms with Crippen LogP contribution in [-0.4, -0.2) is 60.9 Å². The minimum Gasteiger partial charge on any atom is -0.480 e. The predicted molar refractivity (Wildman–Crippen MR) is 144 cm³/mol. The van der Waals surface area contributed by atoms with Crippen molar-refractivity contribution in [2.45, 2.75) is 25.2 Å². The number of aliphatic carboxylic acids is 2. The number of fused-ring (bicyclic) bond motifs is 4. The van der Waals surface area contributed by atoms with Gasteiger partial charge in [-0.2, -0.15) is 0 Å². The lowest BCUT2D eigenvalue weighted by Crippen LogP contribution is -2.36. The molecule has 10 nitrogen and oxygen atoms in total. The van der Waals surface area contributed by atoms with Gasteiger partial charge >= 0.3 is 11.9 Å². The molecule has 0 bridgehead atoms. The highest BCUT2D eigenvalue weighted by Gasteiger charge is 2.30. The fourth-order valence-electron chi connectivity index (χ4n) is 4.58. The lowest BCUT2D eigenvalue weighted by Gasteiger charge is -2.22. The van der Waals surface area contributed by atoms with Crippen LogP contribution in [0.3, 0.4) is 0 Å². The van der Waals surface area contributed by atoms with Crippen molar-refractivity contribution in [1.82, 2.24) is 14.5 Å². The fourth-order valence-corrected chi connectivity index (χ4v) is 4.58. The van der Waals surface area contributed by atoms with E-state index in [1.54, 1.807) is 23.7 Å². The lowest BCUT2D eigenvalue weighted by molar-refractivity contribution is -0.165. The van der Waals surface area contributed by atoms with Gasteiger partial charge < -0.3 is 35.3 Å². The van der Waals surface area contributed by atoms with Crippen LogP contribution in [-0.2, 0) is 36.5 Å². The summed E-state index contributed by atoms with van der Waals surface area (Å²) in [5.74, 6) is -3.03. The summed E-state index contributed by atoms with van der Waals surface area (Å²) in [6.07, 6.45) is 1.38. The Kier molecular flexibility index (Phi) is 11.0. The van der Waals surface area contributed by atoms with E-state index in [1.807, 2.05) is 23.9 Å². The Bertz CT molecular complexity index is 1470. The second-order valence-corrected chi connectivity index (χ2v) is 8.74. The summed E-state index contributed by atoms with van der Waals surface area (Å²) in [7, 11) is 3.70. The second kappa shape index (κ2) is 13.5. The first-order valence-electron chi connectivity index (χ1n) is 11.7. The number of nitrogens with zero attached hydrogens (tertiary/aromatic N) is 2. The lowest BCUT2D eigenvalue weighted by atomic mass is 9.99. The van der Waals surface area contributed by atoms with Crippen molar-refractivity contribution in [2.75, 3.05) is 13.1 Å². The van der Waals surface area contributed by atoms with Gasteiger partial charge in [-0.3, -0.25) is 10.1 Å². The van der Waals surface area contributed by atoms with Crippen LogP contribution in [0.1, 0.15) is 22.9 Å². The quantitative estimate of drug-likeness (QED) is 0.204. The molecule has 2 aromatic carbocycles. The monoisotopic (exact) mass is 568 g/mol. The Morgan fingerprint density at radius 1 is 1.05 bits per heavy atom. The molecule has 0 saturated carbocycles. The second-order valence-electron chi connectivity index (χ2n) is 8.74. The smallest absolute Gasteiger partial charge is 0.360 e. The molecule has 2 aromatic heterocycles. The normalized spacial score (nSPS) is 14.1. The molecule has 0 fully saturated rings. The summed E-state index contributed by atoms with van der Waals surface area (Å²) in [6, 6.07) is 8.74. The third-order valence-electron chi connectivity index (χ3n) is 6.23. The predicted octanol–water partition coefficient (Wildman–Crippen LogP) is 2.21. The molecule has 0 aliphatic carbocycles. The Morgan fingerprint density at radius 2 is 1.62 bits per heavy atom. The summed E-state index contributed by atoms with van der Waals surface area (Å²) >= 11 is 0. The van der Waals surface area contributed by atoms with E-state index in [2.05, 4.69) is 5.32 Å². The molecule has 0 amide bonds. The van der Waals surface area contributed by atoms with Gasteiger partial charge in [0.25, 0.3) is 6.29 Å². The van der Waals surface area contributed by atoms with Crippen LogP contribution in [0, 0.1) is 11.6 Å². The van der Waals surface area contributed by atoms with Crippen LogP contribution in [0.5, 0.6) is 0 Å². The van der Waals surface area contributed by atoms with Crippen molar-refractivity contribution in [3.8, 4) is 0 Å². The molecule has 39 heavy (non-hydrogen) atoms. The highest BCUT2D eigenvalue weighted by Crippen LogP contribution is 2.33. The number of rotatable bonds is 4. The van der Waals surface area contributed by atoms with Crippen molar-refractivity contribution in [3.05, 3.63) is 71.1 Å². The molecule has 4 aromatic rings. The van der Waals surface area contributed by atoms with Gasteiger partial charge in [-0.1, -0.05) is 0 Å². The number of carboxylic acid groups (broad SMARTS) is 2. The molecule has 13 heteroatoms. The van der Waals surface area contributed by atoms with Crippen LogP contribution < -0.4 is 11.1 Å². The minimum atomic E-state index is -2.23. The van der Waals surface area contributed by atoms with E-state index >= 15 is 0 Å². The Labute approximate surface area is 228 Å². The summed E-state index contributed by atoms with van der Waals surface area (Å²) in [4.78, 5) is 20.5. The first-order chi connectivity index (χ1) is 18.0. The van der Waals surface area contributed by atoms with Gasteiger partial charge in [0, 0.05) is 37.6 Å². The molecule has 1 aliphatic heterocycles. The number of nitrogens with one attached hydrogen (secondary N) is 1. The highest BCUT2D eigenvalue weighted by molar-refractivity contribution is 5.89. The van der Waals surface area contributed by atoms with Crippen molar-refractivity contribution in [1.29, 1.82) is 0 Å². The van der Waals surface area contributed by atoms with Crippen LogP contribution in [0.4, 0.5) is 8.78 Å². The molecule has 1 unspecified atom stereocenters. The maximum Gasteiger partial charge on any atom is 0.360 e. The van der Waals surface area contributed by atoms with Crippen LogP contribution in [0.2, 0.25) is 0 Å². The average molecular weight is 569 g/mol. The number of aliphatic hydroxyl groups is 2. The molecule has 7 N–H and O–H groups in total. The fraction of sp³-hybridized carbons (Fsp3) is 0.308. The van der Waals surface area contributed by atoms with E-state index in [1.165, 1.54) is 23.8 Å². The summed E-state index contributed by atoms with van der Waals surface area (Å²) in [6.45, 7) is 1.25. The Morgan fingerprint density at radius 3 is 2.15 bits per heavy atom. The number of carboxylic acids is 2. The van der Waals surface area contributed by atoms with Gasteiger partial charge in [-0.15, -0.1) is 12.4 Å². The molecule has 1 atom stereocenters. The number of hydrogen-bond donors (Lipinski definition) is 6. The minimum absolute atomic E-state index is 0. The number of benzene rings is 2. The van der Waals surface area contributed by atoms with Crippen molar-refractivity contribution in [3.63, 3.8) is 0 Å². The number of aromatic nitrogens is 2. The number of aliphatic hydroxyl groups excluding tert-OH is 1. The van der Waals surface area contributed by atoms with Crippen LogP contribution in [0.25, 0.3) is 21.8 Å².